The summed E-state index contributed by atoms with van der Waals surface area (Å²) in [6.07, 6.45) is 2.81. The number of aliphatic hydroxyl groups is 1. The molecule has 4 aliphatic rings. The van der Waals surface area contributed by atoms with Crippen LogP contribution in [0.15, 0.2) is 46.9 Å². The van der Waals surface area contributed by atoms with E-state index in [0.717, 1.165) is 49.0 Å². The lowest BCUT2D eigenvalue weighted by Gasteiger charge is -2.39. The second-order valence-electron chi connectivity index (χ2n) is 12.6. The predicted molar refractivity (Wildman–Crippen MR) is 172 cm³/mol. The van der Waals surface area contributed by atoms with Crippen molar-refractivity contribution in [3.8, 4) is 5.75 Å². The number of nitrogens with one attached hydrogen (secondary N) is 1. The zero-order valence-electron chi connectivity index (χ0n) is 25.4. The summed E-state index contributed by atoms with van der Waals surface area (Å²) in [6, 6.07) is 13.1. The van der Waals surface area contributed by atoms with Gasteiger partial charge in [-0.25, -0.2) is 9.59 Å². The van der Waals surface area contributed by atoms with Crippen molar-refractivity contribution in [1.82, 2.24) is 19.6 Å². The Morgan fingerprint density at radius 3 is 2.36 bits per heavy atom. The molecule has 0 radical (unpaired) electrons. The second-order valence-corrected chi connectivity index (χ2v) is 13.5. The van der Waals surface area contributed by atoms with Gasteiger partial charge in [-0.2, -0.15) is 0 Å². The van der Waals surface area contributed by atoms with Crippen molar-refractivity contribution in [2.45, 2.75) is 69.2 Å². The van der Waals surface area contributed by atoms with Crippen molar-refractivity contribution in [2.24, 2.45) is 0 Å². The fourth-order valence-electron chi connectivity index (χ4n) is 7.12. The number of phenols is 1. The number of anilines is 1. The van der Waals surface area contributed by atoms with Crippen molar-refractivity contribution in [2.75, 3.05) is 51.1 Å². The maximum absolute atomic E-state index is 13.8. The summed E-state index contributed by atoms with van der Waals surface area (Å²) in [4.78, 5) is 48.0. The van der Waals surface area contributed by atoms with Crippen molar-refractivity contribution >= 4 is 39.6 Å². The third-order valence-corrected chi connectivity index (χ3v) is 10.4. The van der Waals surface area contributed by atoms with E-state index in [1.807, 2.05) is 29.2 Å². The summed E-state index contributed by atoms with van der Waals surface area (Å²) in [5.41, 5.74) is 2.73. The number of phenolic OH excluding ortho intramolecular Hbond substituents is 1. The molecule has 242 valence electrons. The predicted octanol–water partition coefficient (Wildman–Crippen LogP) is 3.81. The van der Waals surface area contributed by atoms with Crippen LogP contribution in [0.4, 0.5) is 15.3 Å². The SMILES string of the molecule is O=C(OC(Cc1ccc(O)c(Br)c1)C(=O)N1CCC(N2CCC(O)C2)CC1)N1CCC(N2CCc3ccccc3NC2=O)CC1. The number of para-hydroxylation sites is 1. The molecule has 0 aliphatic carbocycles. The number of urea groups is 1. The zero-order valence-corrected chi connectivity index (χ0v) is 27.0. The highest BCUT2D eigenvalue weighted by atomic mass is 79.9. The van der Waals surface area contributed by atoms with Gasteiger partial charge < -0.3 is 35.0 Å². The quantitative estimate of drug-likeness (QED) is 0.423. The fraction of sp³-hybridized carbons (Fsp3) is 0.545. The minimum absolute atomic E-state index is 0.00755. The van der Waals surface area contributed by atoms with E-state index in [0.29, 0.717) is 62.6 Å². The number of rotatable bonds is 6. The van der Waals surface area contributed by atoms with E-state index in [-0.39, 0.29) is 36.3 Å². The van der Waals surface area contributed by atoms with Gasteiger partial charge in [0.25, 0.3) is 5.91 Å². The van der Waals surface area contributed by atoms with Gasteiger partial charge in [0, 0.05) is 70.0 Å². The van der Waals surface area contributed by atoms with Crippen LogP contribution in [-0.2, 0) is 22.4 Å². The minimum atomic E-state index is -1.01. The molecule has 0 saturated carbocycles. The first-order chi connectivity index (χ1) is 21.7. The van der Waals surface area contributed by atoms with E-state index in [9.17, 15) is 24.6 Å². The molecule has 4 amide bonds. The van der Waals surface area contributed by atoms with Gasteiger partial charge in [-0.1, -0.05) is 24.3 Å². The highest BCUT2D eigenvalue weighted by Gasteiger charge is 2.37. The van der Waals surface area contributed by atoms with Gasteiger partial charge in [-0.15, -0.1) is 0 Å². The van der Waals surface area contributed by atoms with Gasteiger partial charge >= 0.3 is 12.1 Å². The molecule has 12 heteroatoms. The van der Waals surface area contributed by atoms with E-state index in [1.54, 1.807) is 28.0 Å². The molecular weight excluding hydrogens is 642 g/mol. The van der Waals surface area contributed by atoms with Gasteiger partial charge in [-0.05, 0) is 83.8 Å². The van der Waals surface area contributed by atoms with E-state index >= 15 is 0 Å². The number of β-amino-alcohol motifs (C(OH)–C–C–N with tert-alkyl or cyclic N) is 1. The van der Waals surface area contributed by atoms with Crippen LogP contribution in [0.25, 0.3) is 0 Å². The molecule has 3 fully saturated rings. The average Bonchev–Trinajstić information content (AvgIpc) is 3.41. The number of ether oxygens (including phenoxy) is 1. The van der Waals surface area contributed by atoms with Gasteiger partial charge in [0.2, 0.25) is 0 Å². The molecule has 2 aromatic carbocycles. The number of hydrogen-bond donors (Lipinski definition) is 3. The molecule has 11 nitrogen and oxygen atoms in total. The highest BCUT2D eigenvalue weighted by molar-refractivity contribution is 9.10. The molecule has 0 spiro atoms. The number of amides is 4. The van der Waals surface area contributed by atoms with Gasteiger partial charge in [-0.3, -0.25) is 9.69 Å². The topological polar surface area (TPSA) is 126 Å². The molecule has 4 aliphatic heterocycles. The zero-order chi connectivity index (χ0) is 31.5. The highest BCUT2D eigenvalue weighted by Crippen LogP contribution is 2.28. The maximum atomic E-state index is 13.8. The largest absolute Gasteiger partial charge is 0.507 e. The van der Waals surface area contributed by atoms with Crippen LogP contribution in [0, 0.1) is 0 Å². The van der Waals surface area contributed by atoms with Gasteiger partial charge in [0.05, 0.1) is 10.6 Å². The second kappa shape index (κ2) is 14.0. The van der Waals surface area contributed by atoms with E-state index in [4.69, 9.17) is 4.74 Å². The van der Waals surface area contributed by atoms with E-state index in [1.165, 1.54) is 0 Å². The Hall–Kier alpha value is -3.35. The van der Waals surface area contributed by atoms with Crippen LogP contribution >= 0.6 is 15.9 Å². The fourth-order valence-corrected chi connectivity index (χ4v) is 7.55. The number of fused-ring (bicyclic) bond motifs is 1. The summed E-state index contributed by atoms with van der Waals surface area (Å²) >= 11 is 3.35. The van der Waals surface area contributed by atoms with Crippen molar-refractivity contribution < 1.29 is 29.3 Å². The number of carbonyl (C=O) groups is 3. The monoisotopic (exact) mass is 683 g/mol. The van der Waals surface area contributed by atoms with Gasteiger partial charge in [0.15, 0.2) is 6.10 Å². The molecule has 2 aromatic rings. The molecule has 2 atom stereocenters. The maximum Gasteiger partial charge on any atom is 0.410 e. The number of hydrogen-bond acceptors (Lipinski definition) is 7. The third kappa shape index (κ3) is 7.39. The van der Waals surface area contributed by atoms with Crippen LogP contribution < -0.4 is 5.32 Å². The summed E-state index contributed by atoms with van der Waals surface area (Å²) < 4.78 is 6.47. The molecule has 4 heterocycles. The number of piperidine rings is 2. The lowest BCUT2D eigenvalue weighted by atomic mass is 10.0. The number of aromatic hydroxyl groups is 1. The molecule has 6 rings (SSSR count). The smallest absolute Gasteiger partial charge is 0.410 e. The van der Waals surface area contributed by atoms with Gasteiger partial charge in [0.1, 0.15) is 5.75 Å². The van der Waals surface area contributed by atoms with Crippen molar-refractivity contribution in [3.63, 3.8) is 0 Å². The van der Waals surface area contributed by atoms with Crippen LogP contribution in [-0.4, -0.2) is 118 Å². The van der Waals surface area contributed by atoms with E-state index < -0.39 is 12.2 Å². The standard InChI is InChI=1S/C33H42BrN5O6/c34-27-19-22(5-6-29(27)41)20-30(31(42)36-13-8-24(9-14-36)38-17-12-26(40)21-38)45-33(44)37-15-10-25(11-16-37)39-18-7-23-3-1-2-4-28(23)35-32(39)43/h1-6,19,24-26,30,40-41H,7-18,20-21H2,(H,35,43). The molecule has 0 bridgehead atoms. The Labute approximate surface area is 272 Å². The molecule has 45 heavy (non-hydrogen) atoms. The first-order valence-corrected chi connectivity index (χ1v) is 16.8. The Balaban J connectivity index is 1.07. The Morgan fingerprint density at radius 2 is 1.64 bits per heavy atom. The third-order valence-electron chi connectivity index (χ3n) is 9.74. The first kappa shape index (κ1) is 31.6. The van der Waals surface area contributed by atoms with E-state index in [2.05, 4.69) is 26.1 Å². The molecule has 3 saturated heterocycles. The molecule has 2 unspecified atom stereocenters. The normalized spacial score (nSPS) is 22.5. The average molecular weight is 685 g/mol. The Kier molecular flexibility index (Phi) is 9.81. The lowest BCUT2D eigenvalue weighted by molar-refractivity contribution is -0.142. The molecule has 0 aromatic heterocycles. The van der Waals surface area contributed by atoms with Crippen LogP contribution in [0.2, 0.25) is 0 Å². The van der Waals surface area contributed by atoms with Crippen LogP contribution in [0.1, 0.15) is 43.2 Å². The number of likely N-dealkylation sites (tertiary alicyclic amines) is 3. The van der Waals surface area contributed by atoms with Crippen LogP contribution in [0.3, 0.4) is 0 Å². The Morgan fingerprint density at radius 1 is 0.933 bits per heavy atom. The number of benzene rings is 2. The van der Waals surface area contributed by atoms with Crippen molar-refractivity contribution in [3.05, 3.63) is 58.1 Å². The summed E-state index contributed by atoms with van der Waals surface area (Å²) in [5.74, 6) is -0.124. The number of carbonyl (C=O) groups excluding carboxylic acids is 3. The Bertz CT molecular complexity index is 1390. The molecular formula is C33H42BrN5O6. The first-order valence-electron chi connectivity index (χ1n) is 16.0. The minimum Gasteiger partial charge on any atom is -0.507 e. The summed E-state index contributed by atoms with van der Waals surface area (Å²) in [5, 5.41) is 23.0. The molecule has 3 N–H and O–H groups in total. The number of nitrogens with zero attached hydrogens (tertiary/aromatic N) is 4. The van der Waals surface area contributed by atoms with Crippen LogP contribution in [0.5, 0.6) is 5.75 Å². The number of halogens is 1. The lowest BCUT2D eigenvalue weighted by Crippen LogP contribution is -2.52. The summed E-state index contributed by atoms with van der Waals surface area (Å²) in [6.45, 7) is 4.17. The summed E-state index contributed by atoms with van der Waals surface area (Å²) in [7, 11) is 0. The van der Waals surface area contributed by atoms with Crippen molar-refractivity contribution in [1.29, 1.82) is 0 Å². The number of aliphatic hydroxyl groups excluding tert-OH is 1.